The highest BCUT2D eigenvalue weighted by Gasteiger charge is 2.15. The Morgan fingerprint density at radius 3 is 2.80 bits per heavy atom. The van der Waals surface area contributed by atoms with E-state index in [9.17, 15) is 0 Å². The van der Waals surface area contributed by atoms with E-state index in [0.717, 1.165) is 23.2 Å². The van der Waals surface area contributed by atoms with Gasteiger partial charge < -0.3 is 20.1 Å². The predicted octanol–water partition coefficient (Wildman–Crippen LogP) is 4.60. The predicted molar refractivity (Wildman–Crippen MR) is 106 cm³/mol. The molecule has 1 aliphatic heterocycles. The summed E-state index contributed by atoms with van der Waals surface area (Å²) >= 11 is 11.7. The molecule has 1 aliphatic rings. The van der Waals surface area contributed by atoms with Gasteiger partial charge in [-0.15, -0.1) is 0 Å². The highest BCUT2D eigenvalue weighted by Crippen LogP contribution is 2.37. The van der Waals surface area contributed by atoms with Crippen molar-refractivity contribution in [3.05, 3.63) is 52.0 Å². The van der Waals surface area contributed by atoms with E-state index in [1.54, 1.807) is 0 Å². The molecule has 0 aliphatic carbocycles. The summed E-state index contributed by atoms with van der Waals surface area (Å²) in [5, 5.41) is 7.58. The first-order chi connectivity index (χ1) is 12.0. The molecule has 1 heterocycles. The third-order valence-electron chi connectivity index (χ3n) is 3.96. The zero-order valence-electron chi connectivity index (χ0n) is 14.3. The van der Waals surface area contributed by atoms with Gasteiger partial charge in [0.1, 0.15) is 0 Å². The summed E-state index contributed by atoms with van der Waals surface area (Å²) < 4.78 is 11.4. The minimum Gasteiger partial charge on any atom is -0.489 e. The van der Waals surface area contributed by atoms with Gasteiger partial charge in [0.15, 0.2) is 16.6 Å². The average molecular weight is 377 g/mol. The van der Waals surface area contributed by atoms with E-state index in [1.807, 2.05) is 19.1 Å². The van der Waals surface area contributed by atoms with Crippen LogP contribution in [0, 0.1) is 13.8 Å². The fourth-order valence-corrected chi connectivity index (χ4v) is 3.08. The van der Waals surface area contributed by atoms with Crippen molar-refractivity contribution in [2.75, 3.05) is 18.5 Å². The van der Waals surface area contributed by atoms with Crippen LogP contribution in [0.1, 0.15) is 23.1 Å². The molecule has 25 heavy (non-hydrogen) atoms. The van der Waals surface area contributed by atoms with Gasteiger partial charge in [-0.25, -0.2) is 0 Å². The Morgan fingerprint density at radius 1 is 1.16 bits per heavy atom. The number of fused-ring (bicyclic) bond motifs is 1. The van der Waals surface area contributed by atoms with Crippen LogP contribution in [0.4, 0.5) is 5.69 Å². The second kappa shape index (κ2) is 7.93. The van der Waals surface area contributed by atoms with Crippen molar-refractivity contribution in [2.45, 2.75) is 26.8 Å². The lowest BCUT2D eigenvalue weighted by molar-refractivity contribution is 0.297. The zero-order chi connectivity index (χ0) is 17.8. The minimum absolute atomic E-state index is 0.549. The molecule has 0 saturated heterocycles. The Morgan fingerprint density at radius 2 is 1.96 bits per heavy atom. The van der Waals surface area contributed by atoms with E-state index >= 15 is 0 Å². The van der Waals surface area contributed by atoms with Gasteiger partial charge >= 0.3 is 0 Å². The zero-order valence-corrected chi connectivity index (χ0v) is 15.9. The highest BCUT2D eigenvalue weighted by atomic mass is 35.5. The van der Waals surface area contributed by atoms with Gasteiger partial charge in [0.2, 0.25) is 0 Å². The number of halogens is 1. The fourth-order valence-electron chi connectivity index (χ4n) is 2.61. The van der Waals surface area contributed by atoms with Crippen molar-refractivity contribution in [3.8, 4) is 11.5 Å². The lowest BCUT2D eigenvalue weighted by atomic mass is 10.1. The second-order valence-electron chi connectivity index (χ2n) is 6.08. The van der Waals surface area contributed by atoms with Crippen LogP contribution in [0.15, 0.2) is 30.3 Å². The van der Waals surface area contributed by atoms with E-state index in [0.29, 0.717) is 41.4 Å². The van der Waals surface area contributed by atoms with Crippen LogP contribution < -0.4 is 20.1 Å². The molecule has 6 heteroatoms. The van der Waals surface area contributed by atoms with Crippen molar-refractivity contribution in [1.82, 2.24) is 5.32 Å². The molecule has 0 amide bonds. The molecule has 0 spiro atoms. The van der Waals surface area contributed by atoms with Crippen LogP contribution in [0.3, 0.4) is 0 Å². The Labute approximate surface area is 158 Å². The molecule has 0 bridgehead atoms. The first-order valence-corrected chi connectivity index (χ1v) is 9.01. The van der Waals surface area contributed by atoms with Crippen molar-refractivity contribution in [2.24, 2.45) is 0 Å². The van der Waals surface area contributed by atoms with Gasteiger partial charge in [0, 0.05) is 18.7 Å². The maximum atomic E-state index is 6.32. The van der Waals surface area contributed by atoms with E-state index < -0.39 is 0 Å². The first-order valence-electron chi connectivity index (χ1n) is 8.23. The normalized spacial score (nSPS) is 13.1. The Kier molecular flexibility index (Phi) is 5.66. The summed E-state index contributed by atoms with van der Waals surface area (Å²) in [6.07, 6.45) is 0.850. The number of ether oxygens (including phenoxy) is 2. The van der Waals surface area contributed by atoms with Crippen LogP contribution in [0.2, 0.25) is 5.02 Å². The van der Waals surface area contributed by atoms with Crippen molar-refractivity contribution in [3.63, 3.8) is 0 Å². The largest absolute Gasteiger partial charge is 0.489 e. The first kappa shape index (κ1) is 17.8. The molecule has 0 unspecified atom stereocenters. The second-order valence-corrected chi connectivity index (χ2v) is 6.90. The summed E-state index contributed by atoms with van der Waals surface area (Å²) in [7, 11) is 0. The number of aryl methyl sites for hydroxylation is 2. The maximum absolute atomic E-state index is 6.32. The van der Waals surface area contributed by atoms with Crippen LogP contribution in [-0.2, 0) is 6.54 Å². The molecular formula is C19H21ClN2O2S. The van der Waals surface area contributed by atoms with E-state index in [4.69, 9.17) is 33.3 Å². The standard InChI is InChI=1S/C19H21ClN2O2S/c1-12-4-5-13(2)16(8-12)22-19(25)21-11-14-9-15(20)18-17(10-14)23-6-3-7-24-18/h4-5,8-10H,3,6-7,11H2,1-2H3,(H2,21,22,25). The molecule has 132 valence electrons. The monoisotopic (exact) mass is 376 g/mol. The number of anilines is 1. The number of rotatable bonds is 3. The Bertz CT molecular complexity index is 795. The third-order valence-corrected chi connectivity index (χ3v) is 4.48. The fraction of sp³-hybridized carbons (Fsp3) is 0.316. The summed E-state index contributed by atoms with van der Waals surface area (Å²) in [6.45, 7) is 5.91. The van der Waals surface area contributed by atoms with Crippen molar-refractivity contribution < 1.29 is 9.47 Å². The number of benzene rings is 2. The Hall–Kier alpha value is -1.98. The summed E-state index contributed by atoms with van der Waals surface area (Å²) in [4.78, 5) is 0. The molecule has 0 aromatic heterocycles. The molecule has 0 fully saturated rings. The van der Waals surface area contributed by atoms with E-state index in [2.05, 4.69) is 35.8 Å². The number of nitrogens with one attached hydrogen (secondary N) is 2. The van der Waals surface area contributed by atoms with Gasteiger partial charge in [0.05, 0.1) is 18.2 Å². The number of hydrogen-bond acceptors (Lipinski definition) is 3. The van der Waals surface area contributed by atoms with Gasteiger partial charge in [-0.2, -0.15) is 0 Å². The van der Waals surface area contributed by atoms with Gasteiger partial charge in [-0.05, 0) is 61.0 Å². The molecule has 2 aromatic carbocycles. The SMILES string of the molecule is Cc1ccc(C)c(NC(=S)NCc2cc(Cl)c3c(c2)OCCCO3)c1. The van der Waals surface area contributed by atoms with Gasteiger partial charge in [-0.3, -0.25) is 0 Å². The van der Waals surface area contributed by atoms with Crippen molar-refractivity contribution in [1.29, 1.82) is 0 Å². The molecule has 4 nitrogen and oxygen atoms in total. The molecule has 0 atom stereocenters. The smallest absolute Gasteiger partial charge is 0.179 e. The topological polar surface area (TPSA) is 42.5 Å². The van der Waals surface area contributed by atoms with Crippen LogP contribution in [-0.4, -0.2) is 18.3 Å². The van der Waals surface area contributed by atoms with Gasteiger partial charge in [-0.1, -0.05) is 23.7 Å². The van der Waals surface area contributed by atoms with Gasteiger partial charge in [0.25, 0.3) is 0 Å². The summed E-state index contributed by atoms with van der Waals surface area (Å²) in [5.74, 6) is 1.31. The van der Waals surface area contributed by atoms with Crippen LogP contribution in [0.5, 0.6) is 11.5 Å². The number of hydrogen-bond donors (Lipinski definition) is 2. The Balaban J connectivity index is 1.65. The van der Waals surface area contributed by atoms with E-state index in [1.165, 1.54) is 5.56 Å². The molecular weight excluding hydrogens is 356 g/mol. The summed E-state index contributed by atoms with van der Waals surface area (Å²) in [6, 6.07) is 10.1. The molecule has 0 radical (unpaired) electrons. The van der Waals surface area contributed by atoms with Crippen molar-refractivity contribution >= 4 is 34.6 Å². The van der Waals surface area contributed by atoms with E-state index in [-0.39, 0.29) is 0 Å². The lowest BCUT2D eigenvalue weighted by Crippen LogP contribution is -2.28. The maximum Gasteiger partial charge on any atom is 0.179 e. The lowest BCUT2D eigenvalue weighted by Gasteiger charge is -2.15. The molecule has 2 N–H and O–H groups in total. The molecule has 3 rings (SSSR count). The molecule has 2 aromatic rings. The number of thiocarbonyl (C=S) groups is 1. The average Bonchev–Trinajstić information content (AvgIpc) is 2.82. The molecule has 0 saturated carbocycles. The third kappa shape index (κ3) is 4.55. The van der Waals surface area contributed by atoms with Crippen LogP contribution in [0.25, 0.3) is 0 Å². The minimum atomic E-state index is 0.549. The quantitative estimate of drug-likeness (QED) is 0.766. The highest BCUT2D eigenvalue weighted by molar-refractivity contribution is 7.80. The summed E-state index contributed by atoms with van der Waals surface area (Å²) in [5.41, 5.74) is 4.33. The van der Waals surface area contributed by atoms with Crippen LogP contribution >= 0.6 is 23.8 Å².